The van der Waals surface area contributed by atoms with Crippen LogP contribution in [-0.4, -0.2) is 15.0 Å². The molecule has 0 aromatic rings. The second-order valence-corrected chi connectivity index (χ2v) is 4.10. The molecule has 0 aromatic carbocycles. The maximum Gasteiger partial charge on any atom is 0.297 e. The Hall–Kier alpha value is -0.0600. The molecule has 0 amide bonds. The van der Waals surface area contributed by atoms with Crippen molar-refractivity contribution in [1.82, 2.24) is 4.72 Å². The zero-order valence-electron chi connectivity index (χ0n) is 5.02. The molecule has 5 heteroatoms. The van der Waals surface area contributed by atoms with Crippen LogP contribution in [0.4, 0.5) is 0 Å². The molecular weight excluding hydrogens is 162 g/mol. The first-order valence-corrected chi connectivity index (χ1v) is 4.56. The second kappa shape index (κ2) is 3.20. The van der Waals surface area contributed by atoms with Gasteiger partial charge in [-0.1, -0.05) is 12.2 Å². The van der Waals surface area contributed by atoms with Crippen LogP contribution in [0.15, 0.2) is 12.2 Å². The molecule has 1 N–H and O–H groups in total. The van der Waals surface area contributed by atoms with Crippen molar-refractivity contribution in [2.45, 2.75) is 6.92 Å². The number of hydrogen-bond acceptors (Lipinski definition) is 2. The Morgan fingerprint density at radius 1 is 1.78 bits per heavy atom. The molecule has 0 heterocycles. The quantitative estimate of drug-likeness (QED) is 0.498. The molecule has 54 valence electrons. The Bertz CT molecular complexity index is 197. The van der Waals surface area contributed by atoms with Gasteiger partial charge in [-0.2, -0.15) is 13.1 Å². The Labute approximate surface area is 59.3 Å². The van der Waals surface area contributed by atoms with E-state index in [4.69, 9.17) is 10.7 Å². The van der Waals surface area contributed by atoms with E-state index in [9.17, 15) is 8.42 Å². The lowest BCUT2D eigenvalue weighted by Crippen LogP contribution is -2.19. The maximum atomic E-state index is 10.1. The Morgan fingerprint density at radius 2 is 2.22 bits per heavy atom. The summed E-state index contributed by atoms with van der Waals surface area (Å²) in [5.41, 5.74) is 0.722. The summed E-state index contributed by atoms with van der Waals surface area (Å²) in [5, 5.41) is 0. The van der Waals surface area contributed by atoms with E-state index in [2.05, 4.69) is 11.3 Å². The van der Waals surface area contributed by atoms with E-state index in [0.717, 1.165) is 5.57 Å². The summed E-state index contributed by atoms with van der Waals surface area (Å²) in [7, 11) is 1.24. The minimum Gasteiger partial charge on any atom is -0.198 e. The fourth-order valence-corrected chi connectivity index (χ4v) is 0.792. The first-order valence-electron chi connectivity index (χ1n) is 2.25. The highest BCUT2D eigenvalue weighted by Crippen LogP contribution is 1.91. The first kappa shape index (κ1) is 8.94. The van der Waals surface area contributed by atoms with Crippen LogP contribution < -0.4 is 4.72 Å². The minimum absolute atomic E-state index is 0.200. The van der Waals surface area contributed by atoms with Crippen molar-refractivity contribution in [3.8, 4) is 0 Å². The van der Waals surface area contributed by atoms with Crippen molar-refractivity contribution in [3.05, 3.63) is 12.2 Å². The molecule has 0 bridgehead atoms. The van der Waals surface area contributed by atoms with Gasteiger partial charge >= 0.3 is 0 Å². The lowest BCUT2D eigenvalue weighted by molar-refractivity contribution is 0.599. The van der Waals surface area contributed by atoms with Crippen molar-refractivity contribution in [3.63, 3.8) is 0 Å². The number of hydrogen-bond donors (Lipinski definition) is 1. The molecule has 0 aromatic heterocycles. The third kappa shape index (κ3) is 7.94. The van der Waals surface area contributed by atoms with Gasteiger partial charge < -0.3 is 0 Å². The molecule has 0 saturated heterocycles. The summed E-state index contributed by atoms with van der Waals surface area (Å²) in [5.74, 6) is 0. The smallest absolute Gasteiger partial charge is 0.198 e. The van der Waals surface area contributed by atoms with Crippen molar-refractivity contribution >= 4 is 19.9 Å². The standard InChI is InChI=1S/C4H8ClNO2S/c1-4(2)3-6-9(5,7)8/h6H,1,3H2,2H3. The normalized spacial score (nSPS) is 11.3. The first-order chi connectivity index (χ1) is 3.92. The molecule has 0 atom stereocenters. The van der Waals surface area contributed by atoms with Gasteiger partial charge in [-0.25, -0.2) is 0 Å². The zero-order valence-corrected chi connectivity index (χ0v) is 6.59. The summed E-state index contributed by atoms with van der Waals surface area (Å²) < 4.78 is 22.4. The highest BCUT2D eigenvalue weighted by atomic mass is 35.7. The number of nitrogens with one attached hydrogen (secondary N) is 1. The molecule has 0 spiro atoms. The van der Waals surface area contributed by atoms with Gasteiger partial charge in [0.25, 0.3) is 9.24 Å². The van der Waals surface area contributed by atoms with E-state index < -0.39 is 9.24 Å². The highest BCUT2D eigenvalue weighted by Gasteiger charge is 2.00. The fraction of sp³-hybridized carbons (Fsp3) is 0.500. The maximum absolute atomic E-state index is 10.1. The Kier molecular flexibility index (Phi) is 3.17. The molecule has 0 unspecified atom stereocenters. The summed E-state index contributed by atoms with van der Waals surface area (Å²) >= 11 is 0. The molecule has 0 radical (unpaired) electrons. The van der Waals surface area contributed by atoms with Crippen LogP contribution in [0.3, 0.4) is 0 Å². The SMILES string of the molecule is C=C(C)CNS(=O)(=O)Cl. The van der Waals surface area contributed by atoms with Crippen LogP contribution in [0.1, 0.15) is 6.92 Å². The van der Waals surface area contributed by atoms with Crippen LogP contribution in [0.2, 0.25) is 0 Å². The van der Waals surface area contributed by atoms with Crippen molar-refractivity contribution in [2.24, 2.45) is 0 Å². The van der Waals surface area contributed by atoms with Crippen LogP contribution in [-0.2, 0) is 9.24 Å². The average Bonchev–Trinajstić information content (AvgIpc) is 1.59. The summed E-state index contributed by atoms with van der Waals surface area (Å²) in [6.45, 7) is 5.38. The molecule has 0 aliphatic carbocycles. The Balaban J connectivity index is 3.67. The van der Waals surface area contributed by atoms with Crippen LogP contribution >= 0.6 is 10.7 Å². The zero-order chi connectivity index (χ0) is 7.49. The summed E-state index contributed by atoms with van der Waals surface area (Å²) in [6.07, 6.45) is 0. The third-order valence-electron chi connectivity index (χ3n) is 0.546. The predicted octanol–water partition coefficient (Wildman–Crippen LogP) is 0.636. The molecule has 0 saturated carbocycles. The molecular formula is C4H8ClNO2S. The highest BCUT2D eigenvalue weighted by molar-refractivity contribution is 8.12. The van der Waals surface area contributed by atoms with Crippen LogP contribution in [0.25, 0.3) is 0 Å². The lowest BCUT2D eigenvalue weighted by atomic mass is 10.4. The van der Waals surface area contributed by atoms with E-state index in [0.29, 0.717) is 0 Å². The van der Waals surface area contributed by atoms with Gasteiger partial charge in [0.1, 0.15) is 0 Å². The van der Waals surface area contributed by atoms with Gasteiger partial charge in [-0.15, -0.1) is 0 Å². The van der Waals surface area contributed by atoms with Gasteiger partial charge in [0.05, 0.1) is 0 Å². The van der Waals surface area contributed by atoms with Crippen LogP contribution in [0, 0.1) is 0 Å². The van der Waals surface area contributed by atoms with E-state index in [1.54, 1.807) is 6.92 Å². The predicted molar refractivity (Wildman–Crippen MR) is 37.6 cm³/mol. The summed E-state index contributed by atoms with van der Waals surface area (Å²) in [6, 6.07) is 0. The second-order valence-electron chi connectivity index (χ2n) is 1.72. The minimum atomic E-state index is -3.56. The van der Waals surface area contributed by atoms with E-state index >= 15 is 0 Å². The third-order valence-corrected chi connectivity index (χ3v) is 1.36. The van der Waals surface area contributed by atoms with E-state index in [-0.39, 0.29) is 6.54 Å². The molecule has 3 nitrogen and oxygen atoms in total. The Morgan fingerprint density at radius 3 is 2.33 bits per heavy atom. The number of halogens is 1. The molecule has 0 aliphatic rings. The van der Waals surface area contributed by atoms with Gasteiger partial charge in [0.2, 0.25) is 0 Å². The fourth-order valence-electron chi connectivity index (χ4n) is 0.209. The lowest BCUT2D eigenvalue weighted by Gasteiger charge is -1.96. The van der Waals surface area contributed by atoms with Crippen molar-refractivity contribution in [1.29, 1.82) is 0 Å². The van der Waals surface area contributed by atoms with E-state index in [1.807, 2.05) is 0 Å². The number of rotatable bonds is 3. The van der Waals surface area contributed by atoms with Gasteiger partial charge in [-0.3, -0.25) is 0 Å². The largest absolute Gasteiger partial charge is 0.297 e. The molecule has 9 heavy (non-hydrogen) atoms. The average molecular weight is 170 g/mol. The van der Waals surface area contributed by atoms with Crippen LogP contribution in [0.5, 0.6) is 0 Å². The van der Waals surface area contributed by atoms with Crippen molar-refractivity contribution in [2.75, 3.05) is 6.54 Å². The molecule has 0 fully saturated rings. The topological polar surface area (TPSA) is 46.2 Å². The summed E-state index contributed by atoms with van der Waals surface area (Å²) in [4.78, 5) is 0. The van der Waals surface area contributed by atoms with E-state index in [1.165, 1.54) is 0 Å². The molecule has 0 aliphatic heterocycles. The van der Waals surface area contributed by atoms with Gasteiger partial charge in [0.15, 0.2) is 0 Å². The monoisotopic (exact) mass is 169 g/mol. The molecule has 0 rings (SSSR count). The van der Waals surface area contributed by atoms with Crippen molar-refractivity contribution < 1.29 is 8.42 Å². The van der Waals surface area contributed by atoms with Gasteiger partial charge in [-0.05, 0) is 6.92 Å². The van der Waals surface area contributed by atoms with Gasteiger partial charge in [0, 0.05) is 17.2 Å².